The van der Waals surface area contributed by atoms with Gasteiger partial charge in [-0.15, -0.1) is 0 Å². The monoisotopic (exact) mass is 304 g/mol. The highest BCUT2D eigenvalue weighted by Crippen LogP contribution is 2.20. The van der Waals surface area contributed by atoms with Crippen LogP contribution in [0.3, 0.4) is 0 Å². The first-order valence-electron chi connectivity index (χ1n) is 6.44. The summed E-state index contributed by atoms with van der Waals surface area (Å²) in [6.07, 6.45) is 0. The molecule has 0 heterocycles. The molecule has 0 amide bonds. The molecule has 0 radical (unpaired) electrons. The summed E-state index contributed by atoms with van der Waals surface area (Å²) in [5.41, 5.74) is 7.79. The first-order chi connectivity index (χ1) is 10.0. The van der Waals surface area contributed by atoms with E-state index in [1.807, 2.05) is 31.3 Å². The van der Waals surface area contributed by atoms with E-state index in [2.05, 4.69) is 4.90 Å². The van der Waals surface area contributed by atoms with Gasteiger partial charge in [0.15, 0.2) is 0 Å². The maximum absolute atomic E-state index is 13.6. The molecule has 0 unspecified atom stereocenters. The van der Waals surface area contributed by atoms with Crippen LogP contribution < -0.4 is 15.4 Å². The predicted molar refractivity (Wildman–Crippen MR) is 87.4 cm³/mol. The van der Waals surface area contributed by atoms with Crippen molar-refractivity contribution in [1.82, 2.24) is 0 Å². The molecule has 0 aromatic heterocycles. The van der Waals surface area contributed by atoms with Crippen LogP contribution in [0.15, 0.2) is 42.5 Å². The topological polar surface area (TPSA) is 38.5 Å². The molecule has 2 aromatic carbocycles. The summed E-state index contributed by atoms with van der Waals surface area (Å²) in [5, 5.41) is 0. The lowest BCUT2D eigenvalue weighted by Crippen LogP contribution is -2.18. The fourth-order valence-corrected chi connectivity index (χ4v) is 2.22. The van der Waals surface area contributed by atoms with Crippen LogP contribution in [0.4, 0.5) is 10.1 Å². The van der Waals surface area contributed by atoms with Gasteiger partial charge in [0, 0.05) is 24.8 Å². The van der Waals surface area contributed by atoms with Gasteiger partial charge in [-0.2, -0.15) is 0 Å². The molecule has 0 spiro atoms. The smallest absolute Gasteiger partial charge is 0.133 e. The fourth-order valence-electron chi connectivity index (χ4n) is 2.06. The highest BCUT2D eigenvalue weighted by atomic mass is 32.1. The number of ether oxygens (including phenoxy) is 1. The summed E-state index contributed by atoms with van der Waals surface area (Å²) < 4.78 is 18.7. The van der Waals surface area contributed by atoms with Crippen molar-refractivity contribution >= 4 is 22.9 Å². The summed E-state index contributed by atoms with van der Waals surface area (Å²) in [6, 6.07) is 12.6. The van der Waals surface area contributed by atoms with Crippen LogP contribution in [0, 0.1) is 5.82 Å². The number of rotatable bonds is 5. The molecule has 0 aliphatic rings. The maximum Gasteiger partial charge on any atom is 0.133 e. The minimum absolute atomic E-state index is 0.0708. The van der Waals surface area contributed by atoms with E-state index in [0.29, 0.717) is 6.54 Å². The normalized spacial score (nSPS) is 10.2. The highest BCUT2D eigenvalue weighted by Gasteiger charge is 2.08. The lowest BCUT2D eigenvalue weighted by molar-refractivity contribution is 0.415. The molecule has 0 atom stereocenters. The van der Waals surface area contributed by atoms with Crippen molar-refractivity contribution in [2.75, 3.05) is 19.1 Å². The average molecular weight is 304 g/mol. The lowest BCUT2D eigenvalue weighted by atomic mass is 10.1. The summed E-state index contributed by atoms with van der Waals surface area (Å²) in [5.74, 6) is 0.419. The van der Waals surface area contributed by atoms with E-state index in [-0.39, 0.29) is 10.6 Å². The van der Waals surface area contributed by atoms with Gasteiger partial charge in [0.25, 0.3) is 0 Å². The lowest BCUT2D eigenvalue weighted by Gasteiger charge is -2.20. The van der Waals surface area contributed by atoms with Crippen molar-refractivity contribution in [3.8, 4) is 5.75 Å². The number of hydrogen-bond donors (Lipinski definition) is 1. The number of nitrogens with two attached hydrogens (primary N) is 1. The fraction of sp³-hybridized carbons (Fsp3) is 0.188. The van der Waals surface area contributed by atoms with E-state index in [0.717, 1.165) is 17.0 Å². The molecule has 0 aliphatic heterocycles. The third-order valence-electron chi connectivity index (χ3n) is 3.23. The molecule has 110 valence electrons. The molecule has 0 aliphatic carbocycles. The van der Waals surface area contributed by atoms with Gasteiger partial charge in [-0.25, -0.2) is 4.39 Å². The Morgan fingerprint density at radius 3 is 2.48 bits per heavy atom. The van der Waals surface area contributed by atoms with Crippen molar-refractivity contribution in [2.45, 2.75) is 6.54 Å². The predicted octanol–water partition coefficient (Wildman–Crippen LogP) is 3.10. The zero-order valence-corrected chi connectivity index (χ0v) is 12.8. The second kappa shape index (κ2) is 6.54. The van der Waals surface area contributed by atoms with Crippen molar-refractivity contribution in [1.29, 1.82) is 0 Å². The van der Waals surface area contributed by atoms with Crippen LogP contribution in [-0.2, 0) is 6.54 Å². The Morgan fingerprint density at radius 2 is 1.90 bits per heavy atom. The SMILES string of the molecule is COc1ccc(N(C)Cc2ccc(F)c(C(N)=S)c2)cc1. The van der Waals surface area contributed by atoms with Crippen LogP contribution in [0.25, 0.3) is 0 Å². The molecule has 2 rings (SSSR count). The van der Waals surface area contributed by atoms with E-state index in [1.165, 1.54) is 6.07 Å². The summed E-state index contributed by atoms with van der Waals surface area (Å²) in [6.45, 7) is 0.627. The minimum atomic E-state index is -0.390. The summed E-state index contributed by atoms with van der Waals surface area (Å²) >= 11 is 4.85. The van der Waals surface area contributed by atoms with E-state index in [4.69, 9.17) is 22.7 Å². The molecule has 2 aromatic rings. The molecule has 2 N–H and O–H groups in total. The number of hydrogen-bond acceptors (Lipinski definition) is 3. The zero-order chi connectivity index (χ0) is 15.4. The van der Waals surface area contributed by atoms with Crippen molar-refractivity contribution in [3.63, 3.8) is 0 Å². The molecule has 21 heavy (non-hydrogen) atoms. The van der Waals surface area contributed by atoms with E-state index in [9.17, 15) is 4.39 Å². The first kappa shape index (κ1) is 15.3. The number of methoxy groups -OCH3 is 1. The maximum atomic E-state index is 13.6. The van der Waals surface area contributed by atoms with Gasteiger partial charge in [0.1, 0.15) is 16.6 Å². The van der Waals surface area contributed by atoms with Crippen LogP contribution in [0.2, 0.25) is 0 Å². The zero-order valence-electron chi connectivity index (χ0n) is 12.0. The Balaban J connectivity index is 2.16. The first-order valence-corrected chi connectivity index (χ1v) is 6.85. The number of benzene rings is 2. The molecule has 0 fully saturated rings. The van der Waals surface area contributed by atoms with Crippen molar-refractivity contribution in [3.05, 3.63) is 59.4 Å². The molecule has 0 saturated carbocycles. The number of nitrogens with zero attached hydrogens (tertiary/aromatic N) is 1. The van der Waals surface area contributed by atoms with Gasteiger partial charge >= 0.3 is 0 Å². The van der Waals surface area contributed by atoms with Gasteiger partial charge in [0.05, 0.1) is 7.11 Å². The molecule has 3 nitrogen and oxygen atoms in total. The average Bonchev–Trinajstić information content (AvgIpc) is 2.49. The molecule has 0 saturated heterocycles. The molecule has 5 heteroatoms. The number of anilines is 1. The van der Waals surface area contributed by atoms with Crippen molar-refractivity contribution in [2.24, 2.45) is 5.73 Å². The van der Waals surface area contributed by atoms with Gasteiger partial charge in [-0.1, -0.05) is 18.3 Å². The Bertz CT molecular complexity index is 643. The van der Waals surface area contributed by atoms with E-state index < -0.39 is 5.82 Å². The van der Waals surface area contributed by atoms with E-state index in [1.54, 1.807) is 19.2 Å². The Kier molecular flexibility index (Phi) is 4.75. The Labute approximate surface area is 129 Å². The van der Waals surface area contributed by atoms with Gasteiger partial charge in [0.2, 0.25) is 0 Å². The minimum Gasteiger partial charge on any atom is -0.497 e. The Morgan fingerprint density at radius 1 is 1.24 bits per heavy atom. The van der Waals surface area contributed by atoms with Gasteiger partial charge in [-0.3, -0.25) is 0 Å². The summed E-state index contributed by atoms with van der Waals surface area (Å²) in [4.78, 5) is 2.12. The van der Waals surface area contributed by atoms with Crippen LogP contribution in [0.5, 0.6) is 5.75 Å². The van der Waals surface area contributed by atoms with Crippen LogP contribution in [0.1, 0.15) is 11.1 Å². The second-order valence-corrected chi connectivity index (χ2v) is 5.17. The summed E-state index contributed by atoms with van der Waals surface area (Å²) in [7, 11) is 3.60. The van der Waals surface area contributed by atoms with Crippen LogP contribution >= 0.6 is 12.2 Å². The number of thiocarbonyl (C=S) groups is 1. The standard InChI is InChI=1S/C16H17FN2OS/c1-19(12-4-6-13(20-2)7-5-12)10-11-3-8-15(17)14(9-11)16(18)21/h3-9H,10H2,1-2H3,(H2,18,21). The van der Waals surface area contributed by atoms with Gasteiger partial charge < -0.3 is 15.4 Å². The highest BCUT2D eigenvalue weighted by molar-refractivity contribution is 7.80. The largest absolute Gasteiger partial charge is 0.497 e. The molecule has 0 bridgehead atoms. The van der Waals surface area contributed by atoms with Crippen molar-refractivity contribution < 1.29 is 9.13 Å². The third-order valence-corrected chi connectivity index (χ3v) is 3.45. The molecular formula is C16H17FN2OS. The third kappa shape index (κ3) is 3.70. The second-order valence-electron chi connectivity index (χ2n) is 4.73. The van der Waals surface area contributed by atoms with Crippen LogP contribution in [-0.4, -0.2) is 19.1 Å². The van der Waals surface area contributed by atoms with E-state index >= 15 is 0 Å². The molecular weight excluding hydrogens is 287 g/mol. The Hall–Kier alpha value is -2.14. The quantitative estimate of drug-likeness (QED) is 0.862. The number of halogens is 1. The van der Waals surface area contributed by atoms with Gasteiger partial charge in [-0.05, 0) is 42.0 Å².